The molecule has 0 atom stereocenters. The molecule has 0 spiro atoms. The third kappa shape index (κ3) is 4.82. The number of hydrogen-bond acceptors (Lipinski definition) is 4. The van der Waals surface area contributed by atoms with Crippen molar-refractivity contribution in [2.45, 2.75) is 0 Å². The molecule has 0 aliphatic carbocycles. The van der Waals surface area contributed by atoms with E-state index >= 15 is 0 Å². The quantitative estimate of drug-likeness (QED) is 0.585. The van der Waals surface area contributed by atoms with Crippen molar-refractivity contribution in [3.63, 3.8) is 0 Å². The Labute approximate surface area is 124 Å². The molecule has 2 rings (SSSR count). The Kier molecular flexibility index (Phi) is 5.88. The van der Waals surface area contributed by atoms with Crippen molar-refractivity contribution >= 4 is 36.1 Å². The third-order valence-electron chi connectivity index (χ3n) is 2.13. The van der Waals surface area contributed by atoms with Crippen molar-refractivity contribution in [1.29, 1.82) is 0 Å². The monoisotopic (exact) mass is 310 g/mol. The van der Waals surface area contributed by atoms with E-state index < -0.39 is 5.97 Å². The van der Waals surface area contributed by atoms with E-state index in [0.717, 1.165) is 4.64 Å². The molecule has 0 aromatic carbocycles. The molecule has 2 heterocycles. The van der Waals surface area contributed by atoms with Gasteiger partial charge in [-0.25, -0.2) is 4.79 Å². The van der Waals surface area contributed by atoms with Gasteiger partial charge < -0.3 is 15.1 Å². The van der Waals surface area contributed by atoms with E-state index in [9.17, 15) is 9.70 Å². The normalized spacial score (nSPS) is 9.25. The van der Waals surface area contributed by atoms with Gasteiger partial charge in [-0.05, 0) is 18.2 Å². The van der Waals surface area contributed by atoms with Crippen LogP contribution in [0.15, 0.2) is 36.5 Å². The Morgan fingerprint density at radius 3 is 2.30 bits per heavy atom. The molecule has 6 nitrogen and oxygen atoms in total. The van der Waals surface area contributed by atoms with Crippen LogP contribution in [0.1, 0.15) is 10.5 Å². The van der Waals surface area contributed by atoms with E-state index in [1.165, 1.54) is 19.2 Å². The molecular formula is C12H12N3O3S2+. The molecule has 0 aliphatic rings. The molecule has 0 radical (unpaired) electrons. The first-order valence-corrected chi connectivity index (χ1v) is 6.24. The van der Waals surface area contributed by atoms with Crippen molar-refractivity contribution in [1.82, 2.24) is 9.97 Å². The first-order valence-electron chi connectivity index (χ1n) is 5.43. The van der Waals surface area contributed by atoms with Crippen LogP contribution in [0, 0.1) is 14.2 Å². The molecule has 8 heteroatoms. The van der Waals surface area contributed by atoms with E-state index in [-0.39, 0.29) is 16.0 Å². The highest BCUT2D eigenvalue weighted by Gasteiger charge is 2.19. The van der Waals surface area contributed by atoms with E-state index in [1.807, 2.05) is 24.4 Å². The van der Waals surface area contributed by atoms with Gasteiger partial charge in [0, 0.05) is 21.9 Å². The smallest absolute Gasteiger partial charge is 0.359 e. The minimum atomic E-state index is -1.20. The van der Waals surface area contributed by atoms with Crippen molar-refractivity contribution in [2.24, 2.45) is 0 Å². The minimum absolute atomic E-state index is 0.0566. The van der Waals surface area contributed by atoms with Gasteiger partial charge in [-0.1, -0.05) is 30.5 Å². The summed E-state index contributed by atoms with van der Waals surface area (Å²) in [7, 11) is 1.22. The summed E-state index contributed by atoms with van der Waals surface area (Å²) >= 11 is 9.48. The highest BCUT2D eigenvalue weighted by Crippen LogP contribution is 2.14. The number of hydrogen-bond donors (Lipinski definition) is 3. The van der Waals surface area contributed by atoms with Crippen molar-refractivity contribution < 1.29 is 14.7 Å². The SMILES string of the molecule is C[N+](=O)c1ccc(=S)[nH]c1C(=O)O.S=c1cccc[nH]1. The summed E-state index contributed by atoms with van der Waals surface area (Å²) in [6.45, 7) is 0. The zero-order chi connectivity index (χ0) is 15.1. The number of carbonyl (C=O) groups is 1. The van der Waals surface area contributed by atoms with E-state index in [2.05, 4.69) is 9.97 Å². The lowest BCUT2D eigenvalue weighted by Crippen LogP contribution is -2.06. The number of rotatable bonds is 2. The Hall–Kier alpha value is -2.19. The van der Waals surface area contributed by atoms with Crippen LogP contribution < -0.4 is 0 Å². The fourth-order valence-electron chi connectivity index (χ4n) is 1.27. The van der Waals surface area contributed by atoms with E-state index in [4.69, 9.17) is 29.5 Å². The molecule has 0 amide bonds. The summed E-state index contributed by atoms with van der Waals surface area (Å²) in [6.07, 6.45) is 1.81. The average Bonchev–Trinajstić information content (AvgIpc) is 2.39. The Morgan fingerprint density at radius 2 is 1.90 bits per heavy atom. The first-order chi connectivity index (χ1) is 9.41. The van der Waals surface area contributed by atoms with Gasteiger partial charge in [0.15, 0.2) is 7.05 Å². The molecule has 0 unspecified atom stereocenters. The maximum absolute atomic E-state index is 10.9. The summed E-state index contributed by atoms with van der Waals surface area (Å²) < 4.78 is 1.53. The van der Waals surface area contributed by atoms with E-state index in [1.54, 1.807) is 0 Å². The van der Waals surface area contributed by atoms with Gasteiger partial charge in [-0.3, -0.25) is 0 Å². The van der Waals surface area contributed by atoms with Gasteiger partial charge in [0.2, 0.25) is 5.69 Å². The predicted molar refractivity (Wildman–Crippen MR) is 79.4 cm³/mol. The number of H-pyrrole nitrogens is 2. The third-order valence-corrected chi connectivity index (χ3v) is 2.62. The Balaban J connectivity index is 0.000000240. The number of aromatic carboxylic acids is 1. The lowest BCUT2D eigenvalue weighted by atomic mass is 10.3. The molecule has 2 aromatic heterocycles. The fourth-order valence-corrected chi connectivity index (χ4v) is 1.59. The molecule has 3 N–H and O–H groups in total. The van der Waals surface area contributed by atoms with Gasteiger partial charge in [-0.15, -0.1) is 0 Å². The van der Waals surface area contributed by atoms with Crippen LogP contribution in [0.25, 0.3) is 0 Å². The lowest BCUT2D eigenvalue weighted by molar-refractivity contribution is -0.428. The minimum Gasteiger partial charge on any atom is -0.476 e. The second-order valence-electron chi connectivity index (χ2n) is 3.61. The maximum Gasteiger partial charge on any atom is 0.359 e. The Morgan fingerprint density at radius 1 is 1.20 bits per heavy atom. The topological polar surface area (TPSA) is 89.0 Å². The number of nitrogens with one attached hydrogen (secondary N) is 2. The van der Waals surface area contributed by atoms with Gasteiger partial charge in [0.1, 0.15) is 9.28 Å². The van der Waals surface area contributed by atoms with Crippen LogP contribution in [0.5, 0.6) is 0 Å². The predicted octanol–water partition coefficient (Wildman–Crippen LogP) is 3.23. The Bertz CT molecular complexity index is 719. The summed E-state index contributed by atoms with van der Waals surface area (Å²) in [5.74, 6) is -1.20. The zero-order valence-corrected chi connectivity index (χ0v) is 12.1. The molecule has 0 fully saturated rings. The molecule has 0 saturated heterocycles. The number of nitrogens with zero attached hydrogens (tertiary/aromatic N) is 1. The van der Waals surface area contributed by atoms with Gasteiger partial charge in [-0.2, -0.15) is 0 Å². The summed E-state index contributed by atoms with van der Waals surface area (Å²) in [4.78, 5) is 26.8. The summed E-state index contributed by atoms with van der Waals surface area (Å²) in [5.41, 5.74) is -0.133. The summed E-state index contributed by atoms with van der Waals surface area (Å²) in [6, 6.07) is 8.48. The van der Waals surface area contributed by atoms with Crippen LogP contribution >= 0.6 is 24.4 Å². The number of carboxylic acid groups (broad SMARTS) is 1. The van der Waals surface area contributed by atoms with Crippen LogP contribution in [0.3, 0.4) is 0 Å². The number of nitroso groups, excluding NO2 is 1. The number of aromatic nitrogens is 2. The van der Waals surface area contributed by atoms with Crippen molar-refractivity contribution in [3.05, 3.63) is 56.4 Å². The van der Waals surface area contributed by atoms with Crippen LogP contribution in [-0.4, -0.2) is 32.9 Å². The number of carboxylic acids is 1. The molecule has 20 heavy (non-hydrogen) atoms. The second kappa shape index (κ2) is 7.41. The second-order valence-corrected chi connectivity index (χ2v) is 4.49. The largest absolute Gasteiger partial charge is 0.476 e. The van der Waals surface area contributed by atoms with Gasteiger partial charge in [0.05, 0.1) is 0 Å². The first kappa shape index (κ1) is 15.9. The number of pyridine rings is 2. The molecule has 0 aliphatic heterocycles. The lowest BCUT2D eigenvalue weighted by Gasteiger charge is -1.94. The molecule has 0 saturated carbocycles. The van der Waals surface area contributed by atoms with Crippen molar-refractivity contribution in [2.75, 3.05) is 7.05 Å². The fraction of sp³-hybridized carbons (Fsp3) is 0.0833. The molecule has 0 bridgehead atoms. The highest BCUT2D eigenvalue weighted by molar-refractivity contribution is 7.71. The maximum atomic E-state index is 10.9. The van der Waals surface area contributed by atoms with Crippen LogP contribution in [-0.2, 0) is 0 Å². The molecule has 104 valence electrons. The highest BCUT2D eigenvalue weighted by atomic mass is 32.1. The average molecular weight is 310 g/mol. The molecule has 2 aromatic rings. The molecular weight excluding hydrogens is 298 g/mol. The van der Waals surface area contributed by atoms with Gasteiger partial charge in [0.25, 0.3) is 5.69 Å². The summed E-state index contributed by atoms with van der Waals surface area (Å²) in [5, 5.41) is 8.70. The zero-order valence-electron chi connectivity index (χ0n) is 10.5. The van der Waals surface area contributed by atoms with E-state index in [0.29, 0.717) is 4.76 Å². The van der Waals surface area contributed by atoms with Crippen LogP contribution in [0.2, 0.25) is 0 Å². The number of aromatic amines is 2. The standard InChI is InChI=1S/C7H6N2O3S.C5H5NS/c1-9(12)4-2-3-5(13)8-6(4)7(10)11;7-5-3-1-2-4-6-5/h2-3H,1H3,(H-,8,10,11,12,13);1-4H,(H,6,7)/p+1. The van der Waals surface area contributed by atoms with Gasteiger partial charge >= 0.3 is 5.97 Å². The van der Waals surface area contributed by atoms with Crippen LogP contribution in [0.4, 0.5) is 5.69 Å². The van der Waals surface area contributed by atoms with Crippen molar-refractivity contribution in [3.8, 4) is 0 Å².